The number of hydrogen-bond acceptors (Lipinski definition) is 2. The minimum Gasteiger partial charge on any atom is -0.143 e. The van der Waals surface area contributed by atoms with Gasteiger partial charge in [0.25, 0.3) is 0 Å². The Morgan fingerprint density at radius 3 is 2.12 bits per heavy atom. The Labute approximate surface area is 112 Å². The summed E-state index contributed by atoms with van der Waals surface area (Å²) in [6, 6.07) is 8.88. The molecule has 0 nitrogen and oxygen atoms in total. The van der Waals surface area contributed by atoms with E-state index in [1.54, 1.807) is 0 Å². The molecule has 0 bridgehead atoms. The smallest absolute Gasteiger partial charge is 0.0445 e. The van der Waals surface area contributed by atoms with Crippen molar-refractivity contribution in [3.05, 3.63) is 34.5 Å². The molecule has 2 aromatic rings. The van der Waals surface area contributed by atoms with Crippen molar-refractivity contribution in [2.24, 2.45) is 5.41 Å². The first kappa shape index (κ1) is 12.8. The maximum Gasteiger partial charge on any atom is 0.0445 e. The third-order valence-electron chi connectivity index (χ3n) is 3.86. The van der Waals surface area contributed by atoms with Gasteiger partial charge in [-0.2, -0.15) is 0 Å². The Hall–Kier alpha value is -0.600. The van der Waals surface area contributed by atoms with E-state index in [-0.39, 0.29) is 10.8 Å². The molecule has 2 heterocycles. The van der Waals surface area contributed by atoms with E-state index in [1.807, 2.05) is 22.7 Å². The molecule has 0 amide bonds. The first-order valence-electron chi connectivity index (χ1n) is 5.96. The van der Waals surface area contributed by atoms with Crippen molar-refractivity contribution >= 4 is 22.7 Å². The molecule has 0 aliphatic carbocycles. The second-order valence-corrected chi connectivity index (χ2v) is 8.05. The minimum absolute atomic E-state index is 0.215. The molecule has 0 aromatic carbocycles. The van der Waals surface area contributed by atoms with Crippen molar-refractivity contribution in [1.29, 1.82) is 0 Å². The Balaban J connectivity index is 2.37. The zero-order valence-electron chi connectivity index (χ0n) is 11.2. The molecule has 0 aliphatic heterocycles. The summed E-state index contributed by atoms with van der Waals surface area (Å²) in [4.78, 5) is 4.26. The van der Waals surface area contributed by atoms with Gasteiger partial charge in [0.2, 0.25) is 0 Å². The van der Waals surface area contributed by atoms with E-state index >= 15 is 0 Å². The van der Waals surface area contributed by atoms with E-state index in [1.165, 1.54) is 14.6 Å². The van der Waals surface area contributed by atoms with Gasteiger partial charge in [0, 0.05) is 20.0 Å². The molecule has 2 rings (SSSR count). The molecule has 0 unspecified atom stereocenters. The second-order valence-electron chi connectivity index (χ2n) is 6.02. The van der Waals surface area contributed by atoms with Gasteiger partial charge in [-0.15, -0.1) is 22.7 Å². The van der Waals surface area contributed by atoms with Gasteiger partial charge in [0.1, 0.15) is 0 Å². The number of rotatable bonds is 2. The fraction of sp³-hybridized carbons (Fsp3) is 0.467. The first-order valence-corrected chi connectivity index (χ1v) is 7.66. The van der Waals surface area contributed by atoms with Crippen LogP contribution in [-0.4, -0.2) is 0 Å². The lowest BCUT2D eigenvalue weighted by Gasteiger charge is -2.38. The highest BCUT2D eigenvalue weighted by Gasteiger charge is 2.35. The standard InChI is InChI=1S/C15H20S2/c1-14(2,3)15(4,5)13-9-8-12(17-13)11-7-6-10-16-11/h6-10H,1-5H3. The maximum absolute atomic E-state index is 2.34. The van der Waals surface area contributed by atoms with E-state index in [4.69, 9.17) is 0 Å². The van der Waals surface area contributed by atoms with Crippen LogP contribution in [0.25, 0.3) is 9.75 Å². The summed E-state index contributed by atoms with van der Waals surface area (Å²) < 4.78 is 0. The lowest BCUT2D eigenvalue weighted by atomic mass is 9.68. The lowest BCUT2D eigenvalue weighted by Crippen LogP contribution is -2.32. The lowest BCUT2D eigenvalue weighted by molar-refractivity contribution is 0.230. The van der Waals surface area contributed by atoms with Crippen LogP contribution in [0.3, 0.4) is 0 Å². The van der Waals surface area contributed by atoms with Crippen molar-refractivity contribution in [2.45, 2.75) is 40.0 Å². The Morgan fingerprint density at radius 2 is 1.59 bits per heavy atom. The molecule has 2 heteroatoms. The van der Waals surface area contributed by atoms with Crippen molar-refractivity contribution in [3.8, 4) is 9.75 Å². The molecule has 0 radical (unpaired) electrons. The molecule has 0 fully saturated rings. The molecule has 0 saturated heterocycles. The molecule has 0 saturated carbocycles. The highest BCUT2D eigenvalue weighted by Crippen LogP contribution is 2.45. The van der Waals surface area contributed by atoms with Gasteiger partial charge in [-0.1, -0.05) is 40.7 Å². The van der Waals surface area contributed by atoms with Crippen LogP contribution < -0.4 is 0 Å². The third kappa shape index (κ3) is 2.34. The van der Waals surface area contributed by atoms with E-state index in [2.05, 4.69) is 64.3 Å². The van der Waals surface area contributed by atoms with Gasteiger partial charge < -0.3 is 0 Å². The highest BCUT2D eigenvalue weighted by atomic mass is 32.1. The van der Waals surface area contributed by atoms with Crippen LogP contribution in [0.2, 0.25) is 0 Å². The molecule has 17 heavy (non-hydrogen) atoms. The Bertz CT molecular complexity index is 481. The Morgan fingerprint density at radius 1 is 0.882 bits per heavy atom. The molecule has 0 atom stereocenters. The van der Waals surface area contributed by atoms with Crippen LogP contribution >= 0.6 is 22.7 Å². The van der Waals surface area contributed by atoms with Gasteiger partial charge in [-0.3, -0.25) is 0 Å². The first-order chi connectivity index (χ1) is 7.82. The maximum atomic E-state index is 2.34. The normalized spacial score (nSPS) is 13.0. The van der Waals surface area contributed by atoms with E-state index in [0.717, 1.165) is 0 Å². The van der Waals surface area contributed by atoms with Gasteiger partial charge in [0.15, 0.2) is 0 Å². The zero-order valence-corrected chi connectivity index (χ0v) is 12.8. The average molecular weight is 264 g/mol. The molecular formula is C15H20S2. The summed E-state index contributed by atoms with van der Waals surface area (Å²) in [5.74, 6) is 0. The molecular weight excluding hydrogens is 244 g/mol. The van der Waals surface area contributed by atoms with Gasteiger partial charge in [-0.25, -0.2) is 0 Å². The summed E-state index contributed by atoms with van der Waals surface area (Å²) in [5.41, 5.74) is 0.498. The van der Waals surface area contributed by atoms with Crippen LogP contribution in [-0.2, 0) is 5.41 Å². The van der Waals surface area contributed by atoms with Crippen molar-refractivity contribution in [3.63, 3.8) is 0 Å². The summed E-state index contributed by atoms with van der Waals surface area (Å²) in [6.07, 6.45) is 0. The third-order valence-corrected chi connectivity index (χ3v) is 6.34. The van der Waals surface area contributed by atoms with Gasteiger partial charge in [0.05, 0.1) is 0 Å². The van der Waals surface area contributed by atoms with Crippen LogP contribution in [0.4, 0.5) is 0 Å². The molecule has 0 spiro atoms. The van der Waals surface area contributed by atoms with Gasteiger partial charge >= 0.3 is 0 Å². The molecule has 92 valence electrons. The fourth-order valence-corrected chi connectivity index (χ4v) is 3.75. The number of thiophene rings is 2. The van der Waals surface area contributed by atoms with Crippen LogP contribution in [0, 0.1) is 5.41 Å². The quantitative estimate of drug-likeness (QED) is 0.643. The predicted molar refractivity (Wildman–Crippen MR) is 80.1 cm³/mol. The second kappa shape index (κ2) is 4.25. The van der Waals surface area contributed by atoms with Crippen molar-refractivity contribution < 1.29 is 0 Å². The monoisotopic (exact) mass is 264 g/mol. The SMILES string of the molecule is CC(C)(C)C(C)(C)c1ccc(-c2cccs2)s1. The summed E-state index contributed by atoms with van der Waals surface area (Å²) in [5, 5.41) is 2.14. The molecule has 2 aromatic heterocycles. The summed E-state index contributed by atoms with van der Waals surface area (Å²) in [6.45, 7) is 11.6. The van der Waals surface area contributed by atoms with Crippen LogP contribution in [0.5, 0.6) is 0 Å². The van der Waals surface area contributed by atoms with Crippen LogP contribution in [0.15, 0.2) is 29.6 Å². The Kier molecular flexibility index (Phi) is 3.21. The molecule has 0 aliphatic rings. The fourth-order valence-electron chi connectivity index (χ4n) is 1.59. The summed E-state index contributed by atoms with van der Waals surface area (Å²) in [7, 11) is 0. The van der Waals surface area contributed by atoms with Gasteiger partial charge in [-0.05, 0) is 29.0 Å². The predicted octanol–water partition coefficient (Wildman–Crippen LogP) is 5.80. The average Bonchev–Trinajstić information content (AvgIpc) is 2.87. The largest absolute Gasteiger partial charge is 0.143 e. The molecule has 0 N–H and O–H groups in total. The van der Waals surface area contributed by atoms with Crippen LogP contribution in [0.1, 0.15) is 39.5 Å². The van der Waals surface area contributed by atoms with E-state index in [0.29, 0.717) is 0 Å². The zero-order chi connectivity index (χ0) is 12.7. The number of hydrogen-bond donors (Lipinski definition) is 0. The topological polar surface area (TPSA) is 0 Å². The summed E-state index contributed by atoms with van der Waals surface area (Å²) >= 11 is 3.75. The highest BCUT2D eigenvalue weighted by molar-refractivity contribution is 7.21. The van der Waals surface area contributed by atoms with Crippen molar-refractivity contribution in [1.82, 2.24) is 0 Å². The minimum atomic E-state index is 0.215. The van der Waals surface area contributed by atoms with E-state index in [9.17, 15) is 0 Å². The van der Waals surface area contributed by atoms with Crippen molar-refractivity contribution in [2.75, 3.05) is 0 Å². The van der Waals surface area contributed by atoms with E-state index < -0.39 is 0 Å².